The number of benzene rings is 1. The first-order valence-electron chi connectivity index (χ1n) is 4.86. The second-order valence-electron chi connectivity index (χ2n) is 3.95. The summed E-state index contributed by atoms with van der Waals surface area (Å²) in [5.74, 6) is 0.219. The number of hydrogen-bond acceptors (Lipinski definition) is 2. The molecule has 15 heavy (non-hydrogen) atoms. The van der Waals surface area contributed by atoms with Gasteiger partial charge in [0.15, 0.2) is 0 Å². The van der Waals surface area contributed by atoms with E-state index >= 15 is 0 Å². The average Bonchev–Trinajstić information content (AvgIpc) is 2.99. The van der Waals surface area contributed by atoms with E-state index in [0.717, 1.165) is 12.8 Å². The number of methoxy groups -OCH3 is 1. The highest BCUT2D eigenvalue weighted by molar-refractivity contribution is 6.32. The molecule has 1 aliphatic carbocycles. The molecule has 0 aromatic heterocycles. The van der Waals surface area contributed by atoms with Gasteiger partial charge in [0.1, 0.15) is 11.6 Å². The molecule has 82 valence electrons. The lowest BCUT2D eigenvalue weighted by Crippen LogP contribution is -2.21. The van der Waals surface area contributed by atoms with Crippen molar-refractivity contribution in [3.63, 3.8) is 0 Å². The molecular weight excluding hydrogens is 217 g/mol. The minimum atomic E-state index is -0.288. The normalized spacial score (nSPS) is 17.6. The van der Waals surface area contributed by atoms with E-state index in [4.69, 9.17) is 22.1 Å². The van der Waals surface area contributed by atoms with Crippen LogP contribution in [0.2, 0.25) is 5.02 Å². The van der Waals surface area contributed by atoms with E-state index < -0.39 is 0 Å². The molecule has 2 rings (SSSR count). The molecule has 0 saturated heterocycles. The Morgan fingerprint density at radius 1 is 1.53 bits per heavy atom. The Bertz CT molecular complexity index is 390. The van der Waals surface area contributed by atoms with E-state index in [0.29, 0.717) is 22.9 Å². The molecule has 1 saturated carbocycles. The van der Waals surface area contributed by atoms with Crippen LogP contribution < -0.4 is 10.5 Å². The predicted octanol–water partition coefficient (Wildman–Crippen LogP) is 2.48. The molecule has 0 unspecified atom stereocenters. The Morgan fingerprint density at radius 3 is 2.67 bits per heavy atom. The van der Waals surface area contributed by atoms with Gasteiger partial charge in [-0.25, -0.2) is 4.39 Å². The Morgan fingerprint density at radius 2 is 2.20 bits per heavy atom. The van der Waals surface area contributed by atoms with Crippen LogP contribution in [-0.4, -0.2) is 13.7 Å². The zero-order valence-corrected chi connectivity index (χ0v) is 9.27. The van der Waals surface area contributed by atoms with Crippen molar-refractivity contribution >= 4 is 11.6 Å². The van der Waals surface area contributed by atoms with E-state index in [1.54, 1.807) is 6.07 Å². The zero-order valence-electron chi connectivity index (χ0n) is 8.52. The fourth-order valence-corrected chi connectivity index (χ4v) is 2.05. The van der Waals surface area contributed by atoms with Crippen molar-refractivity contribution in [3.8, 4) is 5.75 Å². The van der Waals surface area contributed by atoms with Gasteiger partial charge in [0.05, 0.1) is 12.1 Å². The number of rotatable bonds is 3. The van der Waals surface area contributed by atoms with Gasteiger partial charge in [0, 0.05) is 12.0 Å². The minimum Gasteiger partial charge on any atom is -0.495 e. The minimum absolute atomic E-state index is 0.179. The first-order chi connectivity index (χ1) is 7.13. The molecule has 0 atom stereocenters. The van der Waals surface area contributed by atoms with Crippen LogP contribution in [0.15, 0.2) is 12.1 Å². The van der Waals surface area contributed by atoms with E-state index in [9.17, 15) is 4.39 Å². The molecule has 0 heterocycles. The van der Waals surface area contributed by atoms with E-state index in [-0.39, 0.29) is 11.2 Å². The summed E-state index contributed by atoms with van der Waals surface area (Å²) in [7, 11) is 1.52. The van der Waals surface area contributed by atoms with Gasteiger partial charge in [0.25, 0.3) is 0 Å². The molecule has 0 spiro atoms. The smallest absolute Gasteiger partial charge is 0.137 e. The Labute approximate surface area is 93.2 Å². The van der Waals surface area contributed by atoms with Gasteiger partial charge in [-0.3, -0.25) is 0 Å². The van der Waals surface area contributed by atoms with Crippen molar-refractivity contribution in [3.05, 3.63) is 28.5 Å². The van der Waals surface area contributed by atoms with Crippen LogP contribution in [-0.2, 0) is 5.41 Å². The van der Waals surface area contributed by atoms with Crippen LogP contribution in [0.1, 0.15) is 18.4 Å². The third-order valence-electron chi connectivity index (χ3n) is 3.06. The van der Waals surface area contributed by atoms with Gasteiger partial charge < -0.3 is 10.5 Å². The second-order valence-corrected chi connectivity index (χ2v) is 4.36. The number of halogens is 2. The molecule has 0 bridgehead atoms. The van der Waals surface area contributed by atoms with Crippen LogP contribution in [0.5, 0.6) is 5.75 Å². The van der Waals surface area contributed by atoms with Gasteiger partial charge in [-0.1, -0.05) is 11.6 Å². The summed E-state index contributed by atoms with van der Waals surface area (Å²) in [5.41, 5.74) is 6.11. The van der Waals surface area contributed by atoms with Gasteiger partial charge >= 0.3 is 0 Å². The summed E-state index contributed by atoms with van der Waals surface area (Å²) in [6, 6.07) is 2.96. The topological polar surface area (TPSA) is 35.2 Å². The van der Waals surface area contributed by atoms with Crippen LogP contribution in [0.4, 0.5) is 4.39 Å². The Hall–Kier alpha value is -0.800. The number of nitrogens with two attached hydrogens (primary N) is 1. The molecule has 1 fully saturated rings. The van der Waals surface area contributed by atoms with Crippen LogP contribution in [0, 0.1) is 5.82 Å². The van der Waals surface area contributed by atoms with Gasteiger partial charge in [0.2, 0.25) is 0 Å². The van der Waals surface area contributed by atoms with Crippen LogP contribution >= 0.6 is 11.6 Å². The molecule has 0 aliphatic heterocycles. The van der Waals surface area contributed by atoms with Crippen molar-refractivity contribution in [1.29, 1.82) is 0 Å². The lowest BCUT2D eigenvalue weighted by atomic mass is 9.95. The molecule has 1 aliphatic rings. The predicted molar refractivity (Wildman–Crippen MR) is 57.9 cm³/mol. The standard InChI is InChI=1S/C11H13ClFNO/c1-15-10-4-7(9(13)5-8(10)12)11(6-14)2-3-11/h4-5H,2-3,6,14H2,1H3. The summed E-state index contributed by atoms with van der Waals surface area (Å²) < 4.78 is 18.8. The van der Waals surface area contributed by atoms with Gasteiger partial charge in [-0.05, 0) is 30.5 Å². The molecule has 0 amide bonds. The molecule has 2 N–H and O–H groups in total. The Balaban J connectivity index is 2.47. The summed E-state index contributed by atoms with van der Waals surface area (Å²) in [6.45, 7) is 0.467. The Kier molecular flexibility index (Phi) is 2.61. The van der Waals surface area contributed by atoms with Crippen molar-refractivity contribution in [1.82, 2.24) is 0 Å². The molecule has 4 heteroatoms. The average molecular weight is 230 g/mol. The molecule has 0 radical (unpaired) electrons. The third-order valence-corrected chi connectivity index (χ3v) is 3.35. The highest BCUT2D eigenvalue weighted by Gasteiger charge is 2.45. The highest BCUT2D eigenvalue weighted by Crippen LogP contribution is 2.49. The van der Waals surface area contributed by atoms with Crippen LogP contribution in [0.3, 0.4) is 0 Å². The number of hydrogen-bond donors (Lipinski definition) is 1. The quantitative estimate of drug-likeness (QED) is 0.864. The van der Waals surface area contributed by atoms with Crippen molar-refractivity contribution in [2.45, 2.75) is 18.3 Å². The SMILES string of the molecule is COc1cc(C2(CN)CC2)c(F)cc1Cl. The van der Waals surface area contributed by atoms with E-state index in [2.05, 4.69) is 0 Å². The molecular formula is C11H13ClFNO. The lowest BCUT2D eigenvalue weighted by molar-refractivity contribution is 0.412. The van der Waals surface area contributed by atoms with Crippen molar-refractivity contribution in [2.75, 3.05) is 13.7 Å². The maximum Gasteiger partial charge on any atom is 0.137 e. The van der Waals surface area contributed by atoms with Crippen molar-refractivity contribution in [2.24, 2.45) is 5.73 Å². The summed E-state index contributed by atoms with van der Waals surface area (Å²) in [6.07, 6.45) is 1.87. The maximum atomic E-state index is 13.7. The second kappa shape index (κ2) is 3.65. The monoisotopic (exact) mass is 229 g/mol. The first kappa shape index (κ1) is 10.7. The summed E-state index contributed by atoms with van der Waals surface area (Å²) >= 11 is 5.82. The maximum absolute atomic E-state index is 13.7. The molecule has 1 aromatic rings. The van der Waals surface area contributed by atoms with E-state index in [1.807, 2.05) is 0 Å². The summed E-state index contributed by atoms with van der Waals surface area (Å²) in [4.78, 5) is 0. The molecule has 1 aromatic carbocycles. The zero-order chi connectivity index (χ0) is 11.1. The largest absolute Gasteiger partial charge is 0.495 e. The van der Waals surface area contributed by atoms with Gasteiger partial charge in [-0.2, -0.15) is 0 Å². The van der Waals surface area contributed by atoms with Crippen molar-refractivity contribution < 1.29 is 9.13 Å². The lowest BCUT2D eigenvalue weighted by Gasteiger charge is -2.15. The number of ether oxygens (including phenoxy) is 1. The first-order valence-corrected chi connectivity index (χ1v) is 5.24. The third kappa shape index (κ3) is 1.70. The fraction of sp³-hybridized carbons (Fsp3) is 0.455. The van der Waals surface area contributed by atoms with E-state index in [1.165, 1.54) is 13.2 Å². The van der Waals surface area contributed by atoms with Crippen LogP contribution in [0.25, 0.3) is 0 Å². The fourth-order valence-electron chi connectivity index (χ4n) is 1.83. The highest BCUT2D eigenvalue weighted by atomic mass is 35.5. The summed E-state index contributed by atoms with van der Waals surface area (Å²) in [5, 5.41) is 0.298. The van der Waals surface area contributed by atoms with Gasteiger partial charge in [-0.15, -0.1) is 0 Å². The molecule has 2 nitrogen and oxygen atoms in total.